The number of aryl methyl sites for hydroxylation is 1. The number of carbonyl (C=O) groups excluding carboxylic acids is 1. The molecule has 10 nitrogen and oxygen atoms in total. The lowest BCUT2D eigenvalue weighted by Gasteiger charge is -2.18. The highest BCUT2D eigenvalue weighted by molar-refractivity contribution is 7.89. The number of anilines is 2. The van der Waals surface area contributed by atoms with Crippen molar-refractivity contribution in [3.63, 3.8) is 0 Å². The number of carbonyl (C=O) groups is 1. The van der Waals surface area contributed by atoms with Gasteiger partial charge in [0.05, 0.1) is 15.9 Å². The monoisotopic (exact) mass is 499 g/mol. The molecule has 0 saturated carbocycles. The smallest absolute Gasteiger partial charge is 0.317 e. The molecular formula is C24H29N5O5S. The van der Waals surface area contributed by atoms with Gasteiger partial charge in [0.25, 0.3) is 0 Å². The first-order valence-corrected chi connectivity index (χ1v) is 12.9. The van der Waals surface area contributed by atoms with Crippen LogP contribution in [0.4, 0.5) is 11.4 Å². The molecule has 35 heavy (non-hydrogen) atoms. The maximum absolute atomic E-state index is 12.9. The van der Waals surface area contributed by atoms with Crippen molar-refractivity contribution in [3.8, 4) is 0 Å². The molecule has 3 aromatic rings. The molecule has 0 atom stereocenters. The first kappa shape index (κ1) is 24.7. The van der Waals surface area contributed by atoms with Crippen LogP contribution in [0, 0.1) is 0 Å². The van der Waals surface area contributed by atoms with Gasteiger partial charge in [0, 0.05) is 45.1 Å². The molecule has 1 saturated heterocycles. The molecule has 1 aliphatic heterocycles. The predicted molar refractivity (Wildman–Crippen MR) is 136 cm³/mol. The fraction of sp³-hybridized carbons (Fsp3) is 0.375. The van der Waals surface area contributed by atoms with E-state index in [0.29, 0.717) is 11.2 Å². The fourth-order valence-corrected chi connectivity index (χ4v) is 5.24. The summed E-state index contributed by atoms with van der Waals surface area (Å²) < 4.78 is 28.7. The highest BCUT2D eigenvalue weighted by Gasteiger charge is 2.21. The maximum Gasteiger partial charge on any atom is 0.317 e. The molecule has 186 valence electrons. The zero-order chi connectivity index (χ0) is 25.3. The van der Waals surface area contributed by atoms with Crippen molar-refractivity contribution in [2.24, 2.45) is 0 Å². The number of hydrogen-bond donors (Lipinski definition) is 1. The summed E-state index contributed by atoms with van der Waals surface area (Å²) in [6.07, 6.45) is 2.32. The van der Waals surface area contributed by atoms with Crippen LogP contribution in [0.15, 0.2) is 56.9 Å². The van der Waals surface area contributed by atoms with Gasteiger partial charge in [-0.25, -0.2) is 12.7 Å². The zero-order valence-corrected chi connectivity index (χ0v) is 20.8. The fourth-order valence-electron chi connectivity index (χ4n) is 4.31. The molecule has 2 aromatic carbocycles. The van der Waals surface area contributed by atoms with E-state index in [-0.39, 0.29) is 17.0 Å². The van der Waals surface area contributed by atoms with E-state index in [0.717, 1.165) is 40.5 Å². The van der Waals surface area contributed by atoms with Crippen molar-refractivity contribution in [1.29, 1.82) is 0 Å². The van der Waals surface area contributed by atoms with Crippen LogP contribution in [0.1, 0.15) is 19.8 Å². The van der Waals surface area contributed by atoms with Crippen molar-refractivity contribution in [2.75, 3.05) is 37.4 Å². The van der Waals surface area contributed by atoms with Crippen LogP contribution in [0.25, 0.3) is 11.0 Å². The van der Waals surface area contributed by atoms with Crippen LogP contribution in [-0.4, -0.2) is 54.9 Å². The van der Waals surface area contributed by atoms with Crippen molar-refractivity contribution in [2.45, 2.75) is 37.8 Å². The Bertz CT molecular complexity index is 1480. The minimum absolute atomic E-state index is 0.0395. The summed E-state index contributed by atoms with van der Waals surface area (Å²) in [6.45, 7) is 3.52. The number of rotatable bonds is 7. The van der Waals surface area contributed by atoms with E-state index in [1.807, 2.05) is 12.1 Å². The number of aromatic nitrogens is 2. The molecule has 0 bridgehead atoms. The minimum Gasteiger partial charge on any atom is -0.372 e. The summed E-state index contributed by atoms with van der Waals surface area (Å²) in [6, 6.07) is 11.7. The van der Waals surface area contributed by atoms with Crippen LogP contribution in [0.5, 0.6) is 0 Å². The molecular weight excluding hydrogens is 470 g/mol. The van der Waals surface area contributed by atoms with E-state index in [9.17, 15) is 22.8 Å². The predicted octanol–water partition coefficient (Wildman–Crippen LogP) is 1.67. The second kappa shape index (κ2) is 9.67. The van der Waals surface area contributed by atoms with Crippen molar-refractivity contribution in [3.05, 3.63) is 63.2 Å². The Morgan fingerprint density at radius 3 is 2.17 bits per heavy atom. The summed E-state index contributed by atoms with van der Waals surface area (Å²) in [5, 5.41) is 2.76. The van der Waals surface area contributed by atoms with Crippen LogP contribution < -0.4 is 21.3 Å². The molecule has 4 rings (SSSR count). The van der Waals surface area contributed by atoms with Gasteiger partial charge in [-0.05, 0) is 62.2 Å². The third-order valence-electron chi connectivity index (χ3n) is 6.22. The Morgan fingerprint density at radius 2 is 1.57 bits per heavy atom. The number of nitrogens with zero attached hydrogens (tertiary/aromatic N) is 4. The number of hydrogen-bond acceptors (Lipinski definition) is 6. The maximum atomic E-state index is 12.9. The first-order valence-electron chi connectivity index (χ1n) is 11.5. The Hall–Kier alpha value is -3.44. The van der Waals surface area contributed by atoms with Gasteiger partial charge in [-0.2, -0.15) is 0 Å². The number of benzene rings is 2. The highest BCUT2D eigenvalue weighted by Crippen LogP contribution is 2.23. The van der Waals surface area contributed by atoms with E-state index >= 15 is 0 Å². The first-order chi connectivity index (χ1) is 16.6. The van der Waals surface area contributed by atoms with Crippen molar-refractivity contribution in [1.82, 2.24) is 13.4 Å². The lowest BCUT2D eigenvalue weighted by Crippen LogP contribution is -2.43. The average molecular weight is 500 g/mol. The Labute approximate surface area is 203 Å². The summed E-state index contributed by atoms with van der Waals surface area (Å²) >= 11 is 0. The van der Waals surface area contributed by atoms with Crippen LogP contribution in [-0.2, 0) is 27.9 Å². The van der Waals surface area contributed by atoms with E-state index in [1.54, 1.807) is 19.1 Å². The largest absolute Gasteiger partial charge is 0.372 e. The standard InChI is InChI=1S/C24H29N5O5S/c1-4-28-20-12-11-19(35(33,34)26(2)3)15-21(20)29(24(32)23(28)31)16-22(30)25-17-7-9-18(10-8-17)27-13-5-6-14-27/h7-12,15H,4-6,13-14,16H2,1-3H3,(H,25,30). The molecule has 0 radical (unpaired) electrons. The Morgan fingerprint density at radius 1 is 0.943 bits per heavy atom. The van der Waals surface area contributed by atoms with Gasteiger partial charge in [-0.15, -0.1) is 0 Å². The van der Waals surface area contributed by atoms with Crippen LogP contribution in [0.2, 0.25) is 0 Å². The van der Waals surface area contributed by atoms with Crippen LogP contribution in [0.3, 0.4) is 0 Å². The minimum atomic E-state index is -3.79. The Balaban J connectivity index is 1.69. The zero-order valence-electron chi connectivity index (χ0n) is 20.0. The van der Waals surface area contributed by atoms with Crippen molar-refractivity contribution < 1.29 is 13.2 Å². The molecule has 0 aliphatic carbocycles. The van der Waals surface area contributed by atoms with E-state index in [2.05, 4.69) is 10.2 Å². The molecule has 0 spiro atoms. The molecule has 1 N–H and O–H groups in total. The van der Waals surface area contributed by atoms with Gasteiger partial charge in [0.1, 0.15) is 6.54 Å². The quantitative estimate of drug-likeness (QED) is 0.495. The lowest BCUT2D eigenvalue weighted by atomic mass is 10.2. The number of nitrogens with one attached hydrogen (secondary N) is 1. The summed E-state index contributed by atoms with van der Waals surface area (Å²) in [5.74, 6) is -0.503. The van der Waals surface area contributed by atoms with Crippen molar-refractivity contribution >= 4 is 38.3 Å². The average Bonchev–Trinajstić information content (AvgIpc) is 3.37. The van der Waals surface area contributed by atoms with E-state index in [1.165, 1.54) is 36.9 Å². The molecule has 2 heterocycles. The van der Waals surface area contributed by atoms with Gasteiger partial charge in [-0.1, -0.05) is 0 Å². The van der Waals surface area contributed by atoms with Crippen LogP contribution >= 0.6 is 0 Å². The van der Waals surface area contributed by atoms with E-state index in [4.69, 9.17) is 0 Å². The molecule has 0 unspecified atom stereocenters. The number of sulfonamides is 1. The summed E-state index contributed by atoms with van der Waals surface area (Å²) in [4.78, 5) is 40.7. The third kappa shape index (κ3) is 4.73. The van der Waals surface area contributed by atoms with Gasteiger partial charge < -0.3 is 14.8 Å². The SMILES string of the molecule is CCn1c(=O)c(=O)n(CC(=O)Nc2ccc(N3CCCC3)cc2)c2cc(S(=O)(=O)N(C)C)ccc21. The summed E-state index contributed by atoms with van der Waals surface area (Å²) in [7, 11) is -0.980. The Kier molecular flexibility index (Phi) is 6.82. The van der Waals surface area contributed by atoms with E-state index < -0.39 is 33.6 Å². The van der Waals surface area contributed by atoms with Gasteiger partial charge in [-0.3, -0.25) is 19.0 Å². The normalized spacial score (nSPS) is 14.1. The third-order valence-corrected chi connectivity index (χ3v) is 8.03. The van der Waals surface area contributed by atoms with Gasteiger partial charge >= 0.3 is 11.1 Å². The number of amides is 1. The highest BCUT2D eigenvalue weighted by atomic mass is 32.2. The van der Waals surface area contributed by atoms with Gasteiger partial charge in [0.2, 0.25) is 15.9 Å². The molecule has 1 aliphatic rings. The number of fused-ring (bicyclic) bond motifs is 1. The second-order valence-corrected chi connectivity index (χ2v) is 10.8. The van der Waals surface area contributed by atoms with Gasteiger partial charge in [0.15, 0.2) is 0 Å². The molecule has 1 fully saturated rings. The molecule has 1 aromatic heterocycles. The topological polar surface area (TPSA) is 114 Å². The summed E-state index contributed by atoms with van der Waals surface area (Å²) in [5.41, 5.74) is 0.550. The molecule has 1 amide bonds. The molecule has 11 heteroatoms. The second-order valence-electron chi connectivity index (χ2n) is 8.67. The lowest BCUT2D eigenvalue weighted by molar-refractivity contribution is -0.116.